The van der Waals surface area contributed by atoms with E-state index < -0.39 is 0 Å². The lowest BCUT2D eigenvalue weighted by Crippen LogP contribution is -2.39. The summed E-state index contributed by atoms with van der Waals surface area (Å²) in [7, 11) is 1.50. The lowest BCUT2D eigenvalue weighted by Gasteiger charge is -2.12. The zero-order valence-electron chi connectivity index (χ0n) is 9.07. The Morgan fingerprint density at radius 3 is 2.43 bits per heavy atom. The molecule has 78 valence electrons. The zero-order valence-corrected chi connectivity index (χ0v) is 9.07. The second-order valence-corrected chi connectivity index (χ2v) is 3.97. The van der Waals surface area contributed by atoms with Crippen molar-refractivity contribution in [3.63, 3.8) is 0 Å². The maximum absolute atomic E-state index is 11.7. The van der Waals surface area contributed by atoms with Gasteiger partial charge in [-0.15, -0.1) is 0 Å². The van der Waals surface area contributed by atoms with Crippen molar-refractivity contribution in [1.29, 1.82) is 0 Å². The molecule has 0 spiro atoms. The Balaban J connectivity index is 3.37. The van der Waals surface area contributed by atoms with Crippen LogP contribution in [0, 0.1) is 12.8 Å². The molecule has 14 heavy (non-hydrogen) atoms. The van der Waals surface area contributed by atoms with Gasteiger partial charge in [-0.1, -0.05) is 13.8 Å². The molecule has 0 unspecified atom stereocenters. The van der Waals surface area contributed by atoms with E-state index in [-0.39, 0.29) is 11.2 Å². The Kier molecular flexibility index (Phi) is 2.93. The van der Waals surface area contributed by atoms with E-state index in [4.69, 9.17) is 0 Å². The van der Waals surface area contributed by atoms with Crippen molar-refractivity contribution in [2.75, 3.05) is 0 Å². The number of nitrogens with zero attached hydrogens (tertiary/aromatic N) is 2. The molecule has 4 nitrogen and oxygen atoms in total. The Morgan fingerprint density at radius 2 is 1.93 bits per heavy atom. The summed E-state index contributed by atoms with van der Waals surface area (Å²) in [6.45, 7) is 6.51. The molecule has 4 heteroatoms. The third-order valence-corrected chi connectivity index (χ3v) is 2.15. The van der Waals surface area contributed by atoms with E-state index in [0.29, 0.717) is 12.5 Å². The molecule has 1 heterocycles. The number of aromatic nitrogens is 2. The van der Waals surface area contributed by atoms with Crippen LogP contribution in [0.15, 0.2) is 15.7 Å². The summed E-state index contributed by atoms with van der Waals surface area (Å²) in [6.07, 6.45) is 0. The Bertz CT molecular complexity index is 440. The van der Waals surface area contributed by atoms with Crippen LogP contribution in [0.1, 0.15) is 19.5 Å². The molecule has 0 fully saturated rings. The van der Waals surface area contributed by atoms with Gasteiger partial charge in [-0.05, 0) is 12.8 Å². The monoisotopic (exact) mass is 196 g/mol. The minimum atomic E-state index is -0.243. The van der Waals surface area contributed by atoms with Crippen molar-refractivity contribution >= 4 is 0 Å². The van der Waals surface area contributed by atoms with E-state index >= 15 is 0 Å². The maximum atomic E-state index is 11.7. The molecule has 1 rings (SSSR count). The molecule has 0 saturated carbocycles. The SMILES string of the molecule is Cc1cc(=O)n(C)c(=O)n1CC(C)C. The Labute approximate surface area is 82.8 Å². The standard InChI is InChI=1S/C10H16N2O2/c1-7(2)6-12-8(3)5-9(13)11(4)10(12)14/h5,7H,6H2,1-4H3. The van der Waals surface area contributed by atoms with Crippen molar-refractivity contribution < 1.29 is 0 Å². The van der Waals surface area contributed by atoms with Crippen molar-refractivity contribution in [3.05, 3.63) is 32.6 Å². The fourth-order valence-electron chi connectivity index (χ4n) is 1.37. The highest BCUT2D eigenvalue weighted by atomic mass is 16.2. The predicted octanol–water partition coefficient (Wildman–Crippen LogP) is 0.511. The highest BCUT2D eigenvalue weighted by Crippen LogP contribution is 1.98. The first-order valence-corrected chi connectivity index (χ1v) is 4.71. The Morgan fingerprint density at radius 1 is 1.36 bits per heavy atom. The van der Waals surface area contributed by atoms with E-state index in [1.54, 1.807) is 11.5 Å². The summed E-state index contributed by atoms with van der Waals surface area (Å²) in [5.74, 6) is 0.393. The average Bonchev–Trinajstić information content (AvgIpc) is 2.09. The highest BCUT2D eigenvalue weighted by molar-refractivity contribution is 4.99. The fraction of sp³-hybridized carbons (Fsp3) is 0.600. The topological polar surface area (TPSA) is 44.0 Å². The largest absolute Gasteiger partial charge is 0.330 e. The lowest BCUT2D eigenvalue weighted by atomic mass is 10.2. The summed E-state index contributed by atoms with van der Waals surface area (Å²) < 4.78 is 2.77. The first-order chi connectivity index (χ1) is 6.43. The summed E-state index contributed by atoms with van der Waals surface area (Å²) in [5.41, 5.74) is 0.253. The smallest absolute Gasteiger partial charge is 0.298 e. The molecule has 0 aliphatic heterocycles. The lowest BCUT2D eigenvalue weighted by molar-refractivity contribution is 0.478. The third-order valence-electron chi connectivity index (χ3n) is 2.15. The minimum absolute atomic E-state index is 0.233. The van der Waals surface area contributed by atoms with E-state index in [1.807, 2.05) is 13.8 Å². The van der Waals surface area contributed by atoms with Gasteiger partial charge in [0.05, 0.1) is 0 Å². The van der Waals surface area contributed by atoms with Gasteiger partial charge in [0.25, 0.3) is 5.56 Å². The molecule has 1 aromatic heterocycles. The van der Waals surface area contributed by atoms with Crippen LogP contribution in [0.2, 0.25) is 0 Å². The maximum Gasteiger partial charge on any atom is 0.330 e. The molecule has 0 saturated heterocycles. The average molecular weight is 196 g/mol. The van der Waals surface area contributed by atoms with Gasteiger partial charge in [0.15, 0.2) is 0 Å². The van der Waals surface area contributed by atoms with Crippen LogP contribution in [-0.4, -0.2) is 9.13 Å². The summed E-state index contributed by atoms with van der Waals surface area (Å²) >= 11 is 0. The van der Waals surface area contributed by atoms with Gasteiger partial charge < -0.3 is 0 Å². The van der Waals surface area contributed by atoms with E-state index in [1.165, 1.54) is 13.1 Å². The van der Waals surface area contributed by atoms with Crippen LogP contribution >= 0.6 is 0 Å². The second-order valence-electron chi connectivity index (χ2n) is 3.97. The second kappa shape index (κ2) is 3.82. The van der Waals surface area contributed by atoms with Crippen molar-refractivity contribution in [3.8, 4) is 0 Å². The van der Waals surface area contributed by atoms with Crippen LogP contribution in [0.3, 0.4) is 0 Å². The molecular formula is C10H16N2O2. The molecule has 1 aromatic rings. The first kappa shape index (κ1) is 10.8. The fourth-order valence-corrected chi connectivity index (χ4v) is 1.37. The predicted molar refractivity (Wildman–Crippen MR) is 55.5 cm³/mol. The van der Waals surface area contributed by atoms with Gasteiger partial charge >= 0.3 is 5.69 Å². The molecule has 0 N–H and O–H groups in total. The van der Waals surface area contributed by atoms with Gasteiger partial charge in [-0.3, -0.25) is 13.9 Å². The molecule has 0 aromatic carbocycles. The van der Waals surface area contributed by atoms with Crippen molar-refractivity contribution in [1.82, 2.24) is 9.13 Å². The van der Waals surface area contributed by atoms with Gasteiger partial charge in [0, 0.05) is 25.4 Å². The minimum Gasteiger partial charge on any atom is -0.298 e. The van der Waals surface area contributed by atoms with Crippen LogP contribution in [0.5, 0.6) is 0 Å². The van der Waals surface area contributed by atoms with Gasteiger partial charge in [-0.25, -0.2) is 4.79 Å². The van der Waals surface area contributed by atoms with Crippen LogP contribution < -0.4 is 11.2 Å². The van der Waals surface area contributed by atoms with Crippen LogP contribution in [0.25, 0.3) is 0 Å². The zero-order chi connectivity index (χ0) is 10.9. The van der Waals surface area contributed by atoms with Gasteiger partial charge in [-0.2, -0.15) is 0 Å². The van der Waals surface area contributed by atoms with Crippen molar-refractivity contribution in [2.45, 2.75) is 27.3 Å². The van der Waals surface area contributed by atoms with Gasteiger partial charge in [0.2, 0.25) is 0 Å². The van der Waals surface area contributed by atoms with E-state index in [2.05, 4.69) is 0 Å². The Hall–Kier alpha value is -1.32. The highest BCUT2D eigenvalue weighted by Gasteiger charge is 2.06. The van der Waals surface area contributed by atoms with E-state index in [9.17, 15) is 9.59 Å². The van der Waals surface area contributed by atoms with Gasteiger partial charge in [0.1, 0.15) is 0 Å². The summed E-state index contributed by atoms with van der Waals surface area (Å²) in [5, 5.41) is 0. The quantitative estimate of drug-likeness (QED) is 0.691. The molecule has 0 radical (unpaired) electrons. The van der Waals surface area contributed by atoms with Crippen LogP contribution in [0.4, 0.5) is 0 Å². The molecule has 0 aliphatic rings. The molecule has 0 bridgehead atoms. The first-order valence-electron chi connectivity index (χ1n) is 4.71. The molecule has 0 amide bonds. The van der Waals surface area contributed by atoms with Crippen LogP contribution in [-0.2, 0) is 13.6 Å². The molecular weight excluding hydrogens is 180 g/mol. The number of hydrogen-bond donors (Lipinski definition) is 0. The normalized spacial score (nSPS) is 10.9. The third kappa shape index (κ3) is 1.95. The summed E-state index contributed by atoms with van der Waals surface area (Å²) in [6, 6.07) is 1.49. The molecule has 0 aliphatic carbocycles. The number of rotatable bonds is 2. The summed E-state index contributed by atoms with van der Waals surface area (Å²) in [4.78, 5) is 22.9. The van der Waals surface area contributed by atoms with Crippen molar-refractivity contribution in [2.24, 2.45) is 13.0 Å². The molecule has 0 atom stereocenters. The number of hydrogen-bond acceptors (Lipinski definition) is 2. The number of aryl methyl sites for hydroxylation is 1. The van der Waals surface area contributed by atoms with E-state index in [0.717, 1.165) is 10.3 Å².